The first-order valence-corrected chi connectivity index (χ1v) is 10.1. The fourth-order valence-corrected chi connectivity index (χ4v) is 3.88. The van der Waals surface area contributed by atoms with Crippen molar-refractivity contribution in [3.05, 3.63) is 46.5 Å². The van der Waals surface area contributed by atoms with E-state index in [1.165, 1.54) is 17.1 Å². The SMILES string of the molecule is CCc1nnsc1C(=O)NCCCN1CCN(Cc2ccccc2)CC1. The summed E-state index contributed by atoms with van der Waals surface area (Å²) >= 11 is 1.18. The highest BCUT2D eigenvalue weighted by molar-refractivity contribution is 7.08. The minimum absolute atomic E-state index is 0.0375. The summed E-state index contributed by atoms with van der Waals surface area (Å²) in [6, 6.07) is 10.7. The molecule has 0 saturated carbocycles. The van der Waals surface area contributed by atoms with Gasteiger partial charge in [0.05, 0.1) is 5.69 Å². The molecule has 1 N–H and O–H groups in total. The van der Waals surface area contributed by atoms with Crippen LogP contribution in [-0.2, 0) is 13.0 Å². The molecule has 1 saturated heterocycles. The van der Waals surface area contributed by atoms with E-state index in [4.69, 9.17) is 0 Å². The third-order valence-electron chi connectivity index (χ3n) is 4.75. The van der Waals surface area contributed by atoms with Crippen LogP contribution in [0.4, 0.5) is 0 Å². The maximum atomic E-state index is 12.2. The summed E-state index contributed by atoms with van der Waals surface area (Å²) in [7, 11) is 0. The molecule has 26 heavy (non-hydrogen) atoms. The molecule has 2 aromatic rings. The number of nitrogens with zero attached hydrogens (tertiary/aromatic N) is 4. The third kappa shape index (κ3) is 5.33. The van der Waals surface area contributed by atoms with Crippen molar-refractivity contribution in [1.82, 2.24) is 24.7 Å². The summed E-state index contributed by atoms with van der Waals surface area (Å²) in [5.74, 6) is -0.0375. The lowest BCUT2D eigenvalue weighted by Crippen LogP contribution is -2.46. The molecule has 0 aliphatic carbocycles. The molecule has 0 radical (unpaired) electrons. The Morgan fingerprint density at radius 1 is 1.15 bits per heavy atom. The van der Waals surface area contributed by atoms with Gasteiger partial charge in [0.25, 0.3) is 5.91 Å². The van der Waals surface area contributed by atoms with Gasteiger partial charge in [0.15, 0.2) is 0 Å². The predicted octanol–water partition coefficient (Wildman–Crippen LogP) is 2.04. The molecule has 1 amide bonds. The van der Waals surface area contributed by atoms with Gasteiger partial charge in [-0.1, -0.05) is 41.7 Å². The van der Waals surface area contributed by atoms with Gasteiger partial charge in [0.1, 0.15) is 4.88 Å². The molecule has 3 rings (SSSR count). The molecule has 0 unspecified atom stereocenters. The van der Waals surface area contributed by atoms with Gasteiger partial charge in [0.2, 0.25) is 0 Å². The molecule has 1 aliphatic rings. The number of hydrogen-bond acceptors (Lipinski definition) is 6. The zero-order chi connectivity index (χ0) is 18.2. The minimum Gasteiger partial charge on any atom is -0.351 e. The fourth-order valence-electron chi connectivity index (χ4n) is 3.21. The van der Waals surface area contributed by atoms with Crippen molar-refractivity contribution in [2.45, 2.75) is 26.3 Å². The van der Waals surface area contributed by atoms with Crippen molar-refractivity contribution in [3.63, 3.8) is 0 Å². The van der Waals surface area contributed by atoms with Crippen molar-refractivity contribution in [2.24, 2.45) is 0 Å². The first-order chi connectivity index (χ1) is 12.8. The van der Waals surface area contributed by atoms with Crippen LogP contribution in [-0.4, -0.2) is 64.6 Å². The van der Waals surface area contributed by atoms with Crippen LogP contribution < -0.4 is 5.32 Å². The summed E-state index contributed by atoms with van der Waals surface area (Å²) < 4.78 is 3.87. The number of benzene rings is 1. The highest BCUT2D eigenvalue weighted by Gasteiger charge is 2.17. The van der Waals surface area contributed by atoms with Gasteiger partial charge in [-0.2, -0.15) is 0 Å². The monoisotopic (exact) mass is 373 g/mol. The van der Waals surface area contributed by atoms with Gasteiger partial charge >= 0.3 is 0 Å². The topological polar surface area (TPSA) is 61.4 Å². The molecule has 1 fully saturated rings. The van der Waals surface area contributed by atoms with Crippen molar-refractivity contribution in [3.8, 4) is 0 Å². The normalized spacial score (nSPS) is 15.9. The lowest BCUT2D eigenvalue weighted by atomic mass is 10.2. The number of rotatable bonds is 8. The second kappa shape index (κ2) is 9.75. The maximum absolute atomic E-state index is 12.2. The van der Waals surface area contributed by atoms with E-state index < -0.39 is 0 Å². The van der Waals surface area contributed by atoms with Gasteiger partial charge in [-0.25, -0.2) is 0 Å². The number of aryl methyl sites for hydroxylation is 1. The smallest absolute Gasteiger partial charge is 0.264 e. The Hall–Kier alpha value is -1.83. The van der Waals surface area contributed by atoms with E-state index in [2.05, 4.69) is 55.0 Å². The van der Waals surface area contributed by atoms with Crippen LogP contribution in [0, 0.1) is 0 Å². The molecule has 140 valence electrons. The predicted molar refractivity (Wildman–Crippen MR) is 104 cm³/mol. The summed E-state index contributed by atoms with van der Waals surface area (Å²) in [6.45, 7) is 9.16. The number of nitrogens with one attached hydrogen (secondary N) is 1. The number of hydrogen-bond donors (Lipinski definition) is 1. The lowest BCUT2D eigenvalue weighted by molar-refractivity contribution is 0.0950. The van der Waals surface area contributed by atoms with E-state index in [-0.39, 0.29) is 5.91 Å². The molecule has 0 atom stereocenters. The average molecular weight is 374 g/mol. The quantitative estimate of drug-likeness (QED) is 0.718. The molecular weight excluding hydrogens is 346 g/mol. The zero-order valence-electron chi connectivity index (χ0n) is 15.4. The van der Waals surface area contributed by atoms with Crippen LogP contribution in [0.25, 0.3) is 0 Å². The lowest BCUT2D eigenvalue weighted by Gasteiger charge is -2.34. The van der Waals surface area contributed by atoms with Crippen molar-refractivity contribution >= 4 is 17.4 Å². The van der Waals surface area contributed by atoms with Crippen LogP contribution in [0.15, 0.2) is 30.3 Å². The Balaban J connectivity index is 1.31. The van der Waals surface area contributed by atoms with E-state index >= 15 is 0 Å². The maximum Gasteiger partial charge on any atom is 0.264 e. The van der Waals surface area contributed by atoms with Crippen LogP contribution in [0.1, 0.15) is 34.3 Å². The van der Waals surface area contributed by atoms with E-state index in [0.717, 1.165) is 57.8 Å². The number of amides is 1. The molecule has 6 nitrogen and oxygen atoms in total. The minimum atomic E-state index is -0.0375. The summed E-state index contributed by atoms with van der Waals surface area (Å²) in [4.78, 5) is 17.8. The third-order valence-corrected chi connectivity index (χ3v) is 5.51. The Labute approximate surface area is 159 Å². The molecular formula is C19H27N5OS. The summed E-state index contributed by atoms with van der Waals surface area (Å²) in [5, 5.41) is 6.98. The van der Waals surface area contributed by atoms with Crippen molar-refractivity contribution in [2.75, 3.05) is 39.3 Å². The number of piperazine rings is 1. The van der Waals surface area contributed by atoms with Crippen molar-refractivity contribution in [1.29, 1.82) is 0 Å². The Morgan fingerprint density at radius 3 is 2.62 bits per heavy atom. The van der Waals surface area contributed by atoms with E-state index in [0.29, 0.717) is 11.4 Å². The second-order valence-corrected chi connectivity index (χ2v) is 7.37. The number of aromatic nitrogens is 2. The highest BCUT2D eigenvalue weighted by atomic mass is 32.1. The largest absolute Gasteiger partial charge is 0.351 e. The van der Waals surface area contributed by atoms with Crippen LogP contribution in [0.5, 0.6) is 0 Å². The number of carbonyl (C=O) groups excluding carboxylic acids is 1. The standard InChI is InChI=1S/C19H27N5OS/c1-2-17-18(26-22-21-17)19(25)20-9-6-10-23-11-13-24(14-12-23)15-16-7-4-3-5-8-16/h3-5,7-8H,2,6,9-15H2,1H3,(H,20,25). The van der Waals surface area contributed by atoms with Crippen LogP contribution in [0.3, 0.4) is 0 Å². The average Bonchev–Trinajstić information content (AvgIpc) is 3.16. The van der Waals surface area contributed by atoms with Crippen LogP contribution >= 0.6 is 11.5 Å². The molecule has 1 aromatic heterocycles. The van der Waals surface area contributed by atoms with Gasteiger partial charge in [-0.15, -0.1) is 5.10 Å². The molecule has 1 aliphatic heterocycles. The Morgan fingerprint density at radius 2 is 1.88 bits per heavy atom. The second-order valence-electron chi connectivity index (χ2n) is 6.62. The first-order valence-electron chi connectivity index (χ1n) is 9.34. The zero-order valence-corrected chi connectivity index (χ0v) is 16.2. The Bertz CT molecular complexity index is 682. The van der Waals surface area contributed by atoms with Gasteiger partial charge in [-0.3, -0.25) is 9.69 Å². The van der Waals surface area contributed by atoms with Crippen molar-refractivity contribution < 1.29 is 4.79 Å². The molecule has 0 bridgehead atoms. The van der Waals surface area contributed by atoms with E-state index in [1.807, 2.05) is 6.92 Å². The highest BCUT2D eigenvalue weighted by Crippen LogP contribution is 2.11. The molecule has 1 aromatic carbocycles. The number of carbonyl (C=O) groups is 1. The fraction of sp³-hybridized carbons (Fsp3) is 0.526. The molecule has 2 heterocycles. The summed E-state index contributed by atoms with van der Waals surface area (Å²) in [6.07, 6.45) is 1.71. The van der Waals surface area contributed by atoms with Gasteiger partial charge in [-0.05, 0) is 36.5 Å². The first kappa shape index (κ1) is 18.9. The van der Waals surface area contributed by atoms with Gasteiger partial charge < -0.3 is 10.2 Å². The van der Waals surface area contributed by atoms with E-state index in [9.17, 15) is 4.79 Å². The van der Waals surface area contributed by atoms with Crippen LogP contribution in [0.2, 0.25) is 0 Å². The summed E-state index contributed by atoms with van der Waals surface area (Å²) in [5.41, 5.74) is 2.18. The molecule has 7 heteroatoms. The van der Waals surface area contributed by atoms with E-state index in [1.54, 1.807) is 0 Å². The van der Waals surface area contributed by atoms with Gasteiger partial charge in [0, 0.05) is 39.3 Å². The Kier molecular flexibility index (Phi) is 7.11. The molecule has 0 spiro atoms.